The maximum Gasteiger partial charge on any atom is 0.242 e. The molecule has 31 heavy (non-hydrogen) atoms. The van der Waals surface area contributed by atoms with E-state index in [9.17, 15) is 9.59 Å². The first-order valence-corrected chi connectivity index (χ1v) is 12.3. The van der Waals surface area contributed by atoms with Crippen LogP contribution in [0.4, 0.5) is 0 Å². The van der Waals surface area contributed by atoms with Crippen LogP contribution in [0.3, 0.4) is 0 Å². The Morgan fingerprint density at radius 3 is 2.26 bits per heavy atom. The van der Waals surface area contributed by atoms with Gasteiger partial charge in [-0.3, -0.25) is 9.59 Å². The van der Waals surface area contributed by atoms with Crippen molar-refractivity contribution in [3.8, 4) is 0 Å². The van der Waals surface area contributed by atoms with Crippen molar-refractivity contribution in [1.82, 2.24) is 10.2 Å². The van der Waals surface area contributed by atoms with Crippen LogP contribution in [0.2, 0.25) is 10.0 Å². The van der Waals surface area contributed by atoms with Crippen LogP contribution in [0.15, 0.2) is 42.5 Å². The lowest BCUT2D eigenvalue weighted by atomic mass is 10.1. The fourth-order valence-corrected chi connectivity index (χ4v) is 4.31. The van der Waals surface area contributed by atoms with Gasteiger partial charge in [-0.15, -0.1) is 11.8 Å². The molecule has 0 aromatic heterocycles. The molecule has 2 atom stereocenters. The number of carbonyl (C=O) groups excluding carboxylic acids is 2. The minimum Gasteiger partial charge on any atom is -0.352 e. The molecule has 0 saturated carbocycles. The summed E-state index contributed by atoms with van der Waals surface area (Å²) in [6.07, 6.45) is 0.815. The predicted molar refractivity (Wildman–Crippen MR) is 132 cm³/mol. The van der Waals surface area contributed by atoms with Gasteiger partial charge in [0.15, 0.2) is 0 Å². The first kappa shape index (κ1) is 25.6. The SMILES string of the molecule is CC[C@@H](C)NC(=O)[C@@H](C)N(Cc1c(Cl)cccc1Cl)C(=O)CSCc1ccc(C)cc1. The maximum atomic E-state index is 13.2. The van der Waals surface area contributed by atoms with Crippen molar-refractivity contribution >= 4 is 46.8 Å². The molecular formula is C24H30Cl2N2O2S. The van der Waals surface area contributed by atoms with Gasteiger partial charge in [-0.1, -0.05) is 66.0 Å². The van der Waals surface area contributed by atoms with Crippen molar-refractivity contribution in [2.45, 2.75) is 58.5 Å². The minimum atomic E-state index is -0.645. The molecule has 0 radical (unpaired) electrons. The number of rotatable bonds is 10. The number of hydrogen-bond donors (Lipinski definition) is 1. The van der Waals surface area contributed by atoms with E-state index < -0.39 is 6.04 Å². The number of carbonyl (C=O) groups is 2. The van der Waals surface area contributed by atoms with Crippen LogP contribution in [0.5, 0.6) is 0 Å². The molecule has 1 N–H and O–H groups in total. The molecule has 0 aliphatic rings. The summed E-state index contributed by atoms with van der Waals surface area (Å²) in [5.41, 5.74) is 3.01. The zero-order valence-electron chi connectivity index (χ0n) is 18.5. The normalized spacial score (nSPS) is 12.8. The van der Waals surface area contributed by atoms with Gasteiger partial charge in [0.05, 0.1) is 5.75 Å². The molecule has 0 unspecified atom stereocenters. The third-order valence-electron chi connectivity index (χ3n) is 5.17. The first-order valence-electron chi connectivity index (χ1n) is 10.4. The molecule has 0 fully saturated rings. The van der Waals surface area contributed by atoms with Gasteiger partial charge in [-0.25, -0.2) is 0 Å². The van der Waals surface area contributed by atoms with Gasteiger partial charge < -0.3 is 10.2 Å². The van der Waals surface area contributed by atoms with E-state index >= 15 is 0 Å². The summed E-state index contributed by atoms with van der Waals surface area (Å²) in [7, 11) is 0. The first-order chi connectivity index (χ1) is 14.7. The standard InChI is InChI=1S/C24H30Cl2N2O2S/c1-5-17(3)27-24(30)18(4)28(13-20-21(25)7-6-8-22(20)26)23(29)15-31-14-19-11-9-16(2)10-12-19/h6-12,17-18H,5,13-15H2,1-4H3,(H,27,30)/t17-,18-/m1/s1. The molecule has 0 aliphatic heterocycles. The number of amides is 2. The Morgan fingerprint density at radius 2 is 1.68 bits per heavy atom. The van der Waals surface area contributed by atoms with Gasteiger partial charge in [0, 0.05) is 33.9 Å². The molecule has 0 spiro atoms. The van der Waals surface area contributed by atoms with E-state index in [1.807, 2.05) is 20.8 Å². The Bertz CT molecular complexity index is 869. The lowest BCUT2D eigenvalue weighted by molar-refractivity contribution is -0.138. The number of thioether (sulfide) groups is 1. The lowest BCUT2D eigenvalue weighted by Gasteiger charge is -2.30. The van der Waals surface area contributed by atoms with Crippen LogP contribution in [0.25, 0.3) is 0 Å². The van der Waals surface area contributed by atoms with Gasteiger partial charge in [-0.2, -0.15) is 0 Å². The van der Waals surface area contributed by atoms with Crippen molar-refractivity contribution in [1.29, 1.82) is 0 Å². The van der Waals surface area contributed by atoms with E-state index in [-0.39, 0.29) is 30.2 Å². The Morgan fingerprint density at radius 1 is 1.06 bits per heavy atom. The van der Waals surface area contributed by atoms with Crippen molar-refractivity contribution in [3.05, 3.63) is 69.2 Å². The third kappa shape index (κ3) is 7.74. The van der Waals surface area contributed by atoms with Gasteiger partial charge in [-0.05, 0) is 44.9 Å². The Labute approximate surface area is 199 Å². The lowest BCUT2D eigenvalue weighted by Crippen LogP contribution is -2.50. The largest absolute Gasteiger partial charge is 0.352 e. The van der Waals surface area contributed by atoms with Crippen molar-refractivity contribution in [3.63, 3.8) is 0 Å². The van der Waals surface area contributed by atoms with Crippen LogP contribution in [0, 0.1) is 6.92 Å². The number of benzene rings is 2. The second kappa shape index (κ2) is 12.4. The van der Waals surface area contributed by atoms with Crippen LogP contribution in [0.1, 0.15) is 43.9 Å². The molecule has 0 heterocycles. The maximum absolute atomic E-state index is 13.2. The average Bonchev–Trinajstić information content (AvgIpc) is 2.74. The summed E-state index contributed by atoms with van der Waals surface area (Å²) in [5, 5.41) is 3.92. The van der Waals surface area contributed by atoms with Gasteiger partial charge in [0.25, 0.3) is 0 Å². The van der Waals surface area contributed by atoms with E-state index in [1.165, 1.54) is 17.3 Å². The molecule has 0 bridgehead atoms. The molecule has 2 aromatic rings. The highest BCUT2D eigenvalue weighted by molar-refractivity contribution is 7.99. The summed E-state index contributed by atoms with van der Waals surface area (Å²) in [6, 6.07) is 12.9. The third-order valence-corrected chi connectivity index (χ3v) is 6.87. The highest BCUT2D eigenvalue weighted by Crippen LogP contribution is 2.27. The zero-order chi connectivity index (χ0) is 23.0. The van der Waals surface area contributed by atoms with E-state index in [1.54, 1.807) is 30.0 Å². The summed E-state index contributed by atoms with van der Waals surface area (Å²) in [4.78, 5) is 27.5. The molecule has 168 valence electrons. The minimum absolute atomic E-state index is 0.0340. The number of hydrogen-bond acceptors (Lipinski definition) is 3. The highest BCUT2D eigenvalue weighted by atomic mass is 35.5. The summed E-state index contributed by atoms with van der Waals surface area (Å²) < 4.78 is 0. The van der Waals surface area contributed by atoms with Crippen LogP contribution in [-0.2, 0) is 21.9 Å². The van der Waals surface area contributed by atoms with Gasteiger partial charge in [0.2, 0.25) is 11.8 Å². The average molecular weight is 481 g/mol. The molecule has 2 amide bonds. The molecule has 2 rings (SSSR count). The van der Waals surface area contributed by atoms with Crippen molar-refractivity contribution < 1.29 is 9.59 Å². The molecule has 2 aromatic carbocycles. The van der Waals surface area contributed by atoms with Crippen molar-refractivity contribution in [2.24, 2.45) is 0 Å². The summed E-state index contributed by atoms with van der Waals surface area (Å²) in [5.74, 6) is 0.672. The highest BCUT2D eigenvalue weighted by Gasteiger charge is 2.27. The van der Waals surface area contributed by atoms with Gasteiger partial charge >= 0.3 is 0 Å². The van der Waals surface area contributed by atoms with Crippen LogP contribution >= 0.6 is 35.0 Å². The second-order valence-electron chi connectivity index (χ2n) is 7.69. The Kier molecular flexibility index (Phi) is 10.2. The molecule has 7 heteroatoms. The van der Waals surface area contributed by atoms with Crippen LogP contribution in [-0.4, -0.2) is 34.6 Å². The van der Waals surface area contributed by atoms with Gasteiger partial charge in [0.1, 0.15) is 6.04 Å². The zero-order valence-corrected chi connectivity index (χ0v) is 20.8. The van der Waals surface area contributed by atoms with E-state index in [0.29, 0.717) is 15.6 Å². The Hall–Kier alpha value is -1.69. The molecule has 4 nitrogen and oxygen atoms in total. The monoisotopic (exact) mass is 480 g/mol. The predicted octanol–water partition coefficient (Wildman–Crippen LogP) is 5.87. The quantitative estimate of drug-likeness (QED) is 0.462. The second-order valence-corrected chi connectivity index (χ2v) is 9.49. The summed E-state index contributed by atoms with van der Waals surface area (Å²) >= 11 is 14.2. The topological polar surface area (TPSA) is 49.4 Å². The molecule has 0 saturated heterocycles. The number of nitrogens with one attached hydrogen (secondary N) is 1. The number of nitrogens with zero attached hydrogens (tertiary/aromatic N) is 1. The summed E-state index contributed by atoms with van der Waals surface area (Å²) in [6.45, 7) is 7.91. The number of aryl methyl sites for hydroxylation is 1. The van der Waals surface area contributed by atoms with Crippen molar-refractivity contribution in [2.75, 3.05) is 5.75 Å². The van der Waals surface area contributed by atoms with E-state index in [0.717, 1.165) is 17.7 Å². The molecular weight excluding hydrogens is 451 g/mol. The molecule has 0 aliphatic carbocycles. The fraction of sp³-hybridized carbons (Fsp3) is 0.417. The Balaban J connectivity index is 2.14. The van der Waals surface area contributed by atoms with E-state index in [2.05, 4.69) is 29.6 Å². The number of halogens is 2. The fourth-order valence-electron chi connectivity index (χ4n) is 2.93. The van der Waals surface area contributed by atoms with Crippen LogP contribution < -0.4 is 5.32 Å². The van der Waals surface area contributed by atoms with E-state index in [4.69, 9.17) is 23.2 Å². The smallest absolute Gasteiger partial charge is 0.242 e.